The SMILES string of the molecule is O=C1CC(CS(=O)(=O)F)CN1c1ncncc1Br. The average molecular weight is 338 g/mol. The number of hydrogen-bond donors (Lipinski definition) is 0. The van der Waals surface area contributed by atoms with Gasteiger partial charge in [0.1, 0.15) is 6.33 Å². The second-order valence-corrected chi connectivity index (χ2v) is 6.24. The van der Waals surface area contributed by atoms with E-state index >= 15 is 0 Å². The number of anilines is 1. The summed E-state index contributed by atoms with van der Waals surface area (Å²) in [5.74, 6) is -1.09. The number of amides is 1. The Morgan fingerprint density at radius 1 is 1.56 bits per heavy atom. The van der Waals surface area contributed by atoms with Crippen molar-refractivity contribution in [1.82, 2.24) is 9.97 Å². The molecule has 6 nitrogen and oxygen atoms in total. The first-order valence-electron chi connectivity index (χ1n) is 5.05. The van der Waals surface area contributed by atoms with E-state index in [0.717, 1.165) is 0 Å². The highest BCUT2D eigenvalue weighted by atomic mass is 79.9. The van der Waals surface area contributed by atoms with Crippen LogP contribution in [0.1, 0.15) is 6.42 Å². The molecule has 0 bridgehead atoms. The standard InChI is InChI=1S/C9H9BrFN3O3S/c10-7-2-12-5-13-9(7)14-3-6(1-8(14)15)4-18(11,16)17/h2,5-6H,1,3-4H2. The Hall–Kier alpha value is -1.09. The number of nitrogens with zero attached hydrogens (tertiary/aromatic N) is 3. The van der Waals surface area contributed by atoms with Gasteiger partial charge in [0, 0.05) is 25.1 Å². The molecule has 0 aromatic carbocycles. The van der Waals surface area contributed by atoms with Crippen LogP contribution in [0.4, 0.5) is 9.70 Å². The fourth-order valence-corrected chi connectivity index (χ4v) is 3.11. The second-order valence-electron chi connectivity index (χ2n) is 3.97. The summed E-state index contributed by atoms with van der Waals surface area (Å²) in [6.45, 7) is 0.137. The lowest BCUT2D eigenvalue weighted by Crippen LogP contribution is -2.26. The van der Waals surface area contributed by atoms with Gasteiger partial charge in [0.05, 0.1) is 10.2 Å². The first-order valence-corrected chi connectivity index (χ1v) is 7.39. The molecule has 1 fully saturated rings. The molecular formula is C9H9BrFN3O3S. The predicted octanol–water partition coefficient (Wildman–Crippen LogP) is 0.891. The summed E-state index contributed by atoms with van der Waals surface area (Å²) >= 11 is 3.20. The van der Waals surface area contributed by atoms with Crippen molar-refractivity contribution in [3.8, 4) is 0 Å². The van der Waals surface area contributed by atoms with E-state index in [1.54, 1.807) is 0 Å². The van der Waals surface area contributed by atoms with Gasteiger partial charge in [-0.05, 0) is 15.9 Å². The van der Waals surface area contributed by atoms with E-state index in [2.05, 4.69) is 25.9 Å². The van der Waals surface area contributed by atoms with Crippen LogP contribution in [-0.4, -0.2) is 36.6 Å². The van der Waals surface area contributed by atoms with Gasteiger partial charge in [0.25, 0.3) is 0 Å². The zero-order valence-electron chi connectivity index (χ0n) is 9.08. The minimum Gasteiger partial charge on any atom is -0.295 e. The summed E-state index contributed by atoms with van der Waals surface area (Å²) < 4.78 is 34.3. The maximum atomic E-state index is 12.6. The first-order chi connectivity index (χ1) is 8.37. The Balaban J connectivity index is 2.18. The number of aromatic nitrogens is 2. The van der Waals surface area contributed by atoms with Crippen molar-refractivity contribution in [2.75, 3.05) is 17.2 Å². The monoisotopic (exact) mass is 337 g/mol. The molecule has 1 aromatic heterocycles. The highest BCUT2D eigenvalue weighted by Gasteiger charge is 2.35. The largest absolute Gasteiger partial charge is 0.302 e. The molecule has 0 radical (unpaired) electrons. The van der Waals surface area contributed by atoms with Crippen molar-refractivity contribution in [3.05, 3.63) is 17.0 Å². The lowest BCUT2D eigenvalue weighted by molar-refractivity contribution is -0.117. The molecule has 9 heteroatoms. The summed E-state index contributed by atoms with van der Waals surface area (Å²) in [4.78, 5) is 20.8. The molecule has 0 saturated carbocycles. The van der Waals surface area contributed by atoms with Crippen LogP contribution in [0.25, 0.3) is 0 Å². The molecule has 1 aromatic rings. The maximum absolute atomic E-state index is 12.6. The first kappa shape index (κ1) is 13.3. The number of halogens is 2. The summed E-state index contributed by atoms with van der Waals surface area (Å²) in [6, 6.07) is 0. The zero-order valence-corrected chi connectivity index (χ0v) is 11.5. The Labute approximate surface area is 112 Å². The molecule has 0 aliphatic carbocycles. The van der Waals surface area contributed by atoms with Crippen LogP contribution >= 0.6 is 15.9 Å². The molecule has 1 unspecified atom stereocenters. The minimum atomic E-state index is -4.57. The fourth-order valence-electron chi connectivity index (χ4n) is 1.88. The quantitative estimate of drug-likeness (QED) is 0.765. The van der Waals surface area contributed by atoms with Crippen LogP contribution in [0.15, 0.2) is 17.0 Å². The maximum Gasteiger partial charge on any atom is 0.302 e. The van der Waals surface area contributed by atoms with Gasteiger partial charge in [-0.25, -0.2) is 9.97 Å². The summed E-state index contributed by atoms with van der Waals surface area (Å²) in [7, 11) is -4.57. The Morgan fingerprint density at radius 3 is 2.89 bits per heavy atom. The van der Waals surface area contributed by atoms with Crippen molar-refractivity contribution < 1.29 is 17.1 Å². The van der Waals surface area contributed by atoms with Crippen LogP contribution in [0, 0.1) is 5.92 Å². The molecule has 0 spiro atoms. The lowest BCUT2D eigenvalue weighted by Gasteiger charge is -2.16. The summed E-state index contributed by atoms with van der Waals surface area (Å²) in [6.07, 6.45) is 2.76. The Morgan fingerprint density at radius 2 is 2.28 bits per heavy atom. The summed E-state index contributed by atoms with van der Waals surface area (Å²) in [5.41, 5.74) is 0. The molecule has 1 aliphatic rings. The van der Waals surface area contributed by atoms with E-state index in [-0.39, 0.29) is 18.9 Å². The zero-order chi connectivity index (χ0) is 13.3. The van der Waals surface area contributed by atoms with Crippen molar-refractivity contribution in [2.24, 2.45) is 5.92 Å². The smallest absolute Gasteiger partial charge is 0.295 e. The third kappa shape index (κ3) is 3.02. The number of rotatable bonds is 3. The van der Waals surface area contributed by atoms with Gasteiger partial charge in [-0.3, -0.25) is 9.69 Å². The Kier molecular flexibility index (Phi) is 3.62. The van der Waals surface area contributed by atoms with Crippen LogP contribution in [-0.2, 0) is 15.0 Å². The number of carbonyl (C=O) groups excluding carboxylic acids is 1. The second kappa shape index (κ2) is 4.88. The molecule has 0 N–H and O–H groups in total. The molecule has 2 rings (SSSR count). The minimum absolute atomic E-state index is 0.000404. The topological polar surface area (TPSA) is 80.2 Å². The van der Waals surface area contributed by atoms with Crippen LogP contribution in [0.3, 0.4) is 0 Å². The van der Waals surface area contributed by atoms with Crippen molar-refractivity contribution >= 4 is 37.9 Å². The van der Waals surface area contributed by atoms with Crippen molar-refractivity contribution in [2.45, 2.75) is 6.42 Å². The molecular weight excluding hydrogens is 329 g/mol. The molecule has 98 valence electrons. The highest BCUT2D eigenvalue weighted by Crippen LogP contribution is 2.29. The molecule has 18 heavy (non-hydrogen) atoms. The highest BCUT2D eigenvalue weighted by molar-refractivity contribution is 9.10. The van der Waals surface area contributed by atoms with Crippen molar-refractivity contribution in [1.29, 1.82) is 0 Å². The van der Waals surface area contributed by atoms with Crippen LogP contribution < -0.4 is 4.90 Å². The molecule has 1 aliphatic heterocycles. The van der Waals surface area contributed by atoms with E-state index in [4.69, 9.17) is 0 Å². The predicted molar refractivity (Wildman–Crippen MR) is 65.1 cm³/mol. The molecule has 1 atom stereocenters. The van der Waals surface area contributed by atoms with E-state index in [1.165, 1.54) is 17.4 Å². The van der Waals surface area contributed by atoms with Gasteiger partial charge in [0.15, 0.2) is 5.82 Å². The third-order valence-corrected chi connectivity index (χ3v) is 3.97. The Bertz CT molecular complexity index is 580. The molecule has 2 heterocycles. The van der Waals surface area contributed by atoms with E-state index in [9.17, 15) is 17.1 Å². The van der Waals surface area contributed by atoms with Gasteiger partial charge in [-0.15, -0.1) is 3.89 Å². The van der Waals surface area contributed by atoms with E-state index in [0.29, 0.717) is 10.3 Å². The van der Waals surface area contributed by atoms with Gasteiger partial charge in [0.2, 0.25) is 5.91 Å². The van der Waals surface area contributed by atoms with E-state index in [1.807, 2.05) is 0 Å². The average Bonchev–Trinajstić information content (AvgIpc) is 2.57. The van der Waals surface area contributed by atoms with Crippen LogP contribution in [0.5, 0.6) is 0 Å². The van der Waals surface area contributed by atoms with Crippen LogP contribution in [0.2, 0.25) is 0 Å². The van der Waals surface area contributed by atoms with Gasteiger partial charge >= 0.3 is 10.2 Å². The molecule has 1 saturated heterocycles. The third-order valence-electron chi connectivity index (χ3n) is 2.54. The van der Waals surface area contributed by atoms with Gasteiger partial charge in [-0.1, -0.05) is 0 Å². The normalized spacial score (nSPS) is 20.4. The lowest BCUT2D eigenvalue weighted by atomic mass is 10.1. The van der Waals surface area contributed by atoms with Crippen molar-refractivity contribution in [3.63, 3.8) is 0 Å². The fraction of sp³-hybridized carbons (Fsp3) is 0.444. The van der Waals surface area contributed by atoms with E-state index < -0.39 is 21.9 Å². The van der Waals surface area contributed by atoms with Gasteiger partial charge in [-0.2, -0.15) is 8.42 Å². The molecule has 1 amide bonds. The van der Waals surface area contributed by atoms with Gasteiger partial charge < -0.3 is 0 Å². The number of hydrogen-bond acceptors (Lipinski definition) is 5. The number of carbonyl (C=O) groups is 1. The summed E-state index contributed by atoms with van der Waals surface area (Å²) in [5, 5.41) is 0.